The summed E-state index contributed by atoms with van der Waals surface area (Å²) in [7, 11) is 0. The molecule has 1 N–H and O–H groups in total. The first kappa shape index (κ1) is 11.8. The number of aliphatic carboxylic acids is 1. The first-order valence-electron chi connectivity index (χ1n) is 5.91. The Labute approximate surface area is 108 Å². The molecule has 8 heteroatoms. The number of morpholine rings is 1. The molecule has 0 spiro atoms. The highest BCUT2D eigenvalue weighted by molar-refractivity contribution is 5.78. The van der Waals surface area contributed by atoms with Gasteiger partial charge in [0.2, 0.25) is 0 Å². The van der Waals surface area contributed by atoms with E-state index in [1.54, 1.807) is 9.42 Å². The van der Waals surface area contributed by atoms with E-state index >= 15 is 0 Å². The number of aryl methyl sites for hydroxylation is 1. The third-order valence-corrected chi connectivity index (χ3v) is 3.07. The first-order chi connectivity index (χ1) is 9.16. The van der Waals surface area contributed by atoms with Gasteiger partial charge in [0.25, 0.3) is 5.78 Å². The molecule has 1 aliphatic rings. The zero-order valence-electron chi connectivity index (χ0n) is 10.4. The van der Waals surface area contributed by atoms with Crippen molar-refractivity contribution in [3.05, 3.63) is 18.1 Å². The smallest absolute Gasteiger partial charge is 0.328 e. The summed E-state index contributed by atoms with van der Waals surface area (Å²) in [6, 6.07) is 1.09. The molecule has 1 atom stereocenters. The normalized spacial score (nSPS) is 19.8. The Morgan fingerprint density at radius 3 is 3.21 bits per heavy atom. The molecule has 100 valence electrons. The van der Waals surface area contributed by atoms with Gasteiger partial charge in [0, 0.05) is 18.3 Å². The topological polar surface area (TPSA) is 92.8 Å². The minimum absolute atomic E-state index is 0.160. The van der Waals surface area contributed by atoms with Gasteiger partial charge in [-0.05, 0) is 6.92 Å². The third-order valence-electron chi connectivity index (χ3n) is 3.07. The van der Waals surface area contributed by atoms with E-state index in [4.69, 9.17) is 4.74 Å². The lowest BCUT2D eigenvalue weighted by Gasteiger charge is -2.34. The SMILES string of the molecule is Cc1cc(N2CCOCC2C(=O)O)n2ncnc2n1. The van der Waals surface area contributed by atoms with Crippen molar-refractivity contribution in [3.63, 3.8) is 0 Å². The molecule has 0 radical (unpaired) electrons. The number of carboxylic acids is 1. The lowest BCUT2D eigenvalue weighted by Crippen LogP contribution is -2.50. The van der Waals surface area contributed by atoms with Crippen LogP contribution in [0.15, 0.2) is 12.4 Å². The average Bonchev–Trinajstić information content (AvgIpc) is 2.85. The number of nitrogens with zero attached hydrogens (tertiary/aromatic N) is 5. The van der Waals surface area contributed by atoms with E-state index in [1.807, 2.05) is 13.0 Å². The van der Waals surface area contributed by atoms with Gasteiger partial charge >= 0.3 is 5.97 Å². The predicted molar refractivity (Wildman–Crippen MR) is 65.1 cm³/mol. The van der Waals surface area contributed by atoms with Gasteiger partial charge in [0.1, 0.15) is 12.1 Å². The summed E-state index contributed by atoms with van der Waals surface area (Å²) < 4.78 is 6.79. The number of anilines is 1. The fourth-order valence-corrected chi connectivity index (χ4v) is 2.20. The highest BCUT2D eigenvalue weighted by Crippen LogP contribution is 2.20. The van der Waals surface area contributed by atoms with Gasteiger partial charge in [0.15, 0.2) is 6.04 Å². The lowest BCUT2D eigenvalue weighted by atomic mass is 10.2. The Bertz CT molecular complexity index is 626. The predicted octanol–water partition coefficient (Wildman–Crippen LogP) is -0.277. The van der Waals surface area contributed by atoms with Crippen LogP contribution in [0.2, 0.25) is 0 Å². The van der Waals surface area contributed by atoms with Crippen LogP contribution in [-0.4, -0.2) is 56.5 Å². The summed E-state index contributed by atoms with van der Waals surface area (Å²) >= 11 is 0. The zero-order valence-corrected chi connectivity index (χ0v) is 10.4. The van der Waals surface area contributed by atoms with Gasteiger partial charge in [-0.15, -0.1) is 0 Å². The minimum atomic E-state index is -0.914. The second-order valence-electron chi connectivity index (χ2n) is 4.35. The number of hydrogen-bond acceptors (Lipinski definition) is 6. The van der Waals surface area contributed by atoms with E-state index in [0.29, 0.717) is 24.7 Å². The highest BCUT2D eigenvalue weighted by Gasteiger charge is 2.31. The van der Waals surface area contributed by atoms with E-state index < -0.39 is 12.0 Å². The van der Waals surface area contributed by atoms with Gasteiger partial charge in [-0.1, -0.05) is 0 Å². The zero-order chi connectivity index (χ0) is 13.4. The first-order valence-corrected chi connectivity index (χ1v) is 5.91. The molecule has 2 aromatic heterocycles. The number of ether oxygens (including phenoxy) is 1. The molecule has 0 aliphatic carbocycles. The molecule has 19 heavy (non-hydrogen) atoms. The third kappa shape index (κ3) is 1.99. The van der Waals surface area contributed by atoms with E-state index in [1.165, 1.54) is 6.33 Å². The summed E-state index contributed by atoms with van der Waals surface area (Å²) in [6.07, 6.45) is 1.40. The molecule has 0 saturated carbocycles. The molecular weight excluding hydrogens is 250 g/mol. The lowest BCUT2D eigenvalue weighted by molar-refractivity contribution is -0.141. The van der Waals surface area contributed by atoms with Crippen molar-refractivity contribution in [1.29, 1.82) is 0 Å². The fraction of sp³-hybridized carbons (Fsp3) is 0.455. The molecule has 3 rings (SSSR count). The molecule has 8 nitrogen and oxygen atoms in total. The van der Waals surface area contributed by atoms with Crippen LogP contribution in [0.3, 0.4) is 0 Å². The number of carboxylic acid groups (broad SMARTS) is 1. The van der Waals surface area contributed by atoms with Gasteiger partial charge in [-0.2, -0.15) is 14.6 Å². The molecular formula is C11H13N5O3. The summed E-state index contributed by atoms with van der Waals surface area (Å²) in [6.45, 7) is 2.98. The van der Waals surface area contributed by atoms with E-state index in [2.05, 4.69) is 15.1 Å². The maximum Gasteiger partial charge on any atom is 0.328 e. The number of rotatable bonds is 2. The molecule has 1 fully saturated rings. The van der Waals surface area contributed by atoms with Gasteiger partial charge < -0.3 is 14.7 Å². The Balaban J connectivity index is 2.11. The van der Waals surface area contributed by atoms with Crippen LogP contribution in [-0.2, 0) is 9.53 Å². The summed E-state index contributed by atoms with van der Waals surface area (Å²) in [5.74, 6) is 0.226. The van der Waals surface area contributed by atoms with Crippen molar-refractivity contribution in [1.82, 2.24) is 19.6 Å². The summed E-state index contributed by atoms with van der Waals surface area (Å²) in [4.78, 5) is 21.4. The molecule has 2 aromatic rings. The number of hydrogen-bond donors (Lipinski definition) is 1. The van der Waals surface area contributed by atoms with E-state index in [-0.39, 0.29) is 6.61 Å². The average molecular weight is 263 g/mol. The van der Waals surface area contributed by atoms with Gasteiger partial charge in [0.05, 0.1) is 13.2 Å². The van der Waals surface area contributed by atoms with Crippen molar-refractivity contribution in [2.45, 2.75) is 13.0 Å². The Hall–Kier alpha value is -2.22. The van der Waals surface area contributed by atoms with Gasteiger partial charge in [-0.3, -0.25) is 0 Å². The molecule has 0 aromatic carbocycles. The summed E-state index contributed by atoms with van der Waals surface area (Å²) in [5.41, 5.74) is 0.770. The second kappa shape index (κ2) is 4.47. The molecule has 0 bridgehead atoms. The largest absolute Gasteiger partial charge is 0.480 e. The Kier molecular flexibility index (Phi) is 2.79. The number of fused-ring (bicyclic) bond motifs is 1. The quantitative estimate of drug-likeness (QED) is 0.796. The molecule has 1 aliphatic heterocycles. The molecule has 1 unspecified atom stereocenters. The minimum Gasteiger partial charge on any atom is -0.480 e. The van der Waals surface area contributed by atoms with Crippen molar-refractivity contribution >= 4 is 17.6 Å². The highest BCUT2D eigenvalue weighted by atomic mass is 16.5. The van der Waals surface area contributed by atoms with Gasteiger partial charge in [-0.25, -0.2) is 9.78 Å². The monoisotopic (exact) mass is 263 g/mol. The molecule has 1 saturated heterocycles. The Morgan fingerprint density at radius 2 is 2.42 bits per heavy atom. The second-order valence-corrected chi connectivity index (χ2v) is 4.35. The van der Waals surface area contributed by atoms with Crippen LogP contribution < -0.4 is 4.90 Å². The van der Waals surface area contributed by atoms with Crippen molar-refractivity contribution in [2.24, 2.45) is 0 Å². The van der Waals surface area contributed by atoms with Crippen LogP contribution in [0.5, 0.6) is 0 Å². The standard InChI is InChI=1S/C11H13N5O3/c1-7-4-9(16-11(14-7)12-6-13-16)15-2-3-19-5-8(15)10(17)18/h4,6,8H,2-3,5H2,1H3,(H,17,18). The fourth-order valence-electron chi connectivity index (χ4n) is 2.20. The van der Waals surface area contributed by atoms with Crippen LogP contribution in [0.1, 0.15) is 5.69 Å². The number of aromatic nitrogens is 4. The van der Waals surface area contributed by atoms with Crippen LogP contribution in [0, 0.1) is 6.92 Å². The van der Waals surface area contributed by atoms with Crippen LogP contribution >= 0.6 is 0 Å². The molecule has 0 amide bonds. The summed E-state index contributed by atoms with van der Waals surface area (Å²) in [5, 5.41) is 13.4. The van der Waals surface area contributed by atoms with E-state index in [0.717, 1.165) is 5.69 Å². The Morgan fingerprint density at radius 1 is 1.58 bits per heavy atom. The van der Waals surface area contributed by atoms with Crippen molar-refractivity contribution < 1.29 is 14.6 Å². The van der Waals surface area contributed by atoms with Crippen LogP contribution in [0.4, 0.5) is 5.82 Å². The van der Waals surface area contributed by atoms with Crippen molar-refractivity contribution in [3.8, 4) is 0 Å². The van der Waals surface area contributed by atoms with Crippen molar-refractivity contribution in [2.75, 3.05) is 24.7 Å². The molecule has 3 heterocycles. The maximum absolute atomic E-state index is 11.3. The maximum atomic E-state index is 11.3. The van der Waals surface area contributed by atoms with Crippen LogP contribution in [0.25, 0.3) is 5.78 Å². The number of carbonyl (C=O) groups is 1. The van der Waals surface area contributed by atoms with E-state index in [9.17, 15) is 9.90 Å².